The van der Waals surface area contributed by atoms with Crippen LogP contribution in [0.3, 0.4) is 0 Å². The molecule has 2 N–H and O–H groups in total. The highest BCUT2D eigenvalue weighted by Gasteiger charge is 2.15. The van der Waals surface area contributed by atoms with Gasteiger partial charge < -0.3 is 15.2 Å². The summed E-state index contributed by atoms with van der Waals surface area (Å²) in [5, 5.41) is 13.5. The number of methoxy groups -OCH3 is 1. The molecular weight excluding hydrogens is 266 g/mol. The minimum absolute atomic E-state index is 0.00995. The van der Waals surface area contributed by atoms with Gasteiger partial charge in [0.05, 0.1) is 23.2 Å². The molecule has 19 heavy (non-hydrogen) atoms. The highest BCUT2D eigenvalue weighted by Crippen LogP contribution is 2.23. The van der Waals surface area contributed by atoms with Gasteiger partial charge in [-0.25, -0.2) is 4.79 Å². The number of carbonyl (C=O) groups is 2. The van der Waals surface area contributed by atoms with Crippen LogP contribution in [0.25, 0.3) is 0 Å². The first-order valence-electron chi connectivity index (χ1n) is 5.38. The second-order valence-corrected chi connectivity index (χ2v) is 4.60. The van der Waals surface area contributed by atoms with Gasteiger partial charge in [-0.15, -0.1) is 11.3 Å². The van der Waals surface area contributed by atoms with Crippen molar-refractivity contribution in [2.24, 2.45) is 0 Å². The summed E-state index contributed by atoms with van der Waals surface area (Å²) in [4.78, 5) is 23.6. The van der Waals surface area contributed by atoms with Crippen LogP contribution in [0.2, 0.25) is 0 Å². The van der Waals surface area contributed by atoms with Gasteiger partial charge in [-0.2, -0.15) is 0 Å². The van der Waals surface area contributed by atoms with Crippen LogP contribution in [0.4, 0.5) is 5.69 Å². The summed E-state index contributed by atoms with van der Waals surface area (Å²) in [6.07, 6.45) is 0. The number of ether oxygens (including phenoxy) is 1. The standard InChI is InChI=1S/C13H11NO4S/c1-18-8-4-5-10(9(7-8)13(16)17)14-12(15)11-3-2-6-19-11/h2-7H,1H3,(H,14,15)(H,16,17). The number of anilines is 1. The third-order valence-electron chi connectivity index (χ3n) is 2.45. The maximum Gasteiger partial charge on any atom is 0.337 e. The zero-order chi connectivity index (χ0) is 13.8. The molecule has 1 aromatic heterocycles. The lowest BCUT2D eigenvalue weighted by atomic mass is 10.1. The summed E-state index contributed by atoms with van der Waals surface area (Å²) >= 11 is 1.29. The fourth-order valence-electron chi connectivity index (χ4n) is 1.53. The van der Waals surface area contributed by atoms with E-state index in [0.717, 1.165) is 0 Å². The molecule has 0 unspecified atom stereocenters. The van der Waals surface area contributed by atoms with Crippen molar-refractivity contribution in [2.45, 2.75) is 0 Å². The molecule has 1 aromatic carbocycles. The van der Waals surface area contributed by atoms with E-state index in [1.165, 1.54) is 30.6 Å². The highest BCUT2D eigenvalue weighted by atomic mass is 32.1. The Morgan fingerprint density at radius 1 is 1.32 bits per heavy atom. The zero-order valence-electron chi connectivity index (χ0n) is 10.0. The third-order valence-corrected chi connectivity index (χ3v) is 3.32. The van der Waals surface area contributed by atoms with Crippen molar-refractivity contribution in [3.05, 3.63) is 46.2 Å². The molecule has 0 saturated carbocycles. The Balaban J connectivity index is 2.29. The van der Waals surface area contributed by atoms with Crippen molar-refractivity contribution in [3.8, 4) is 5.75 Å². The van der Waals surface area contributed by atoms with Crippen molar-refractivity contribution < 1.29 is 19.4 Å². The van der Waals surface area contributed by atoms with E-state index in [-0.39, 0.29) is 17.2 Å². The first-order valence-corrected chi connectivity index (χ1v) is 6.26. The topological polar surface area (TPSA) is 75.6 Å². The molecule has 6 heteroatoms. The largest absolute Gasteiger partial charge is 0.497 e. The molecule has 2 rings (SSSR count). The minimum atomic E-state index is -1.12. The molecule has 0 spiro atoms. The number of thiophene rings is 1. The predicted molar refractivity (Wildman–Crippen MR) is 72.2 cm³/mol. The molecule has 1 amide bonds. The number of carboxylic acid groups (broad SMARTS) is 1. The molecule has 0 atom stereocenters. The Labute approximate surface area is 113 Å². The molecule has 5 nitrogen and oxygen atoms in total. The molecule has 98 valence electrons. The number of nitrogens with one attached hydrogen (secondary N) is 1. The maximum atomic E-state index is 11.9. The molecular formula is C13H11NO4S. The van der Waals surface area contributed by atoms with Gasteiger partial charge in [0.2, 0.25) is 0 Å². The maximum absolute atomic E-state index is 11.9. The second kappa shape index (κ2) is 5.53. The lowest BCUT2D eigenvalue weighted by Gasteiger charge is -2.09. The van der Waals surface area contributed by atoms with E-state index >= 15 is 0 Å². The number of benzene rings is 1. The number of hydrogen-bond acceptors (Lipinski definition) is 4. The molecule has 0 fully saturated rings. The Bertz CT molecular complexity index is 607. The van der Waals surface area contributed by atoms with E-state index in [0.29, 0.717) is 10.6 Å². The quantitative estimate of drug-likeness (QED) is 0.901. The molecule has 0 aliphatic heterocycles. The summed E-state index contributed by atoms with van der Waals surface area (Å²) in [7, 11) is 1.45. The lowest BCUT2D eigenvalue weighted by Crippen LogP contribution is -2.13. The normalized spacial score (nSPS) is 9.95. The van der Waals surface area contributed by atoms with E-state index in [1.807, 2.05) is 0 Å². The van der Waals surface area contributed by atoms with Gasteiger partial charge in [-0.05, 0) is 29.6 Å². The molecule has 0 saturated heterocycles. The summed E-state index contributed by atoms with van der Waals surface area (Å²) in [5.41, 5.74) is 0.232. The summed E-state index contributed by atoms with van der Waals surface area (Å²) in [6.45, 7) is 0. The smallest absolute Gasteiger partial charge is 0.337 e. The third kappa shape index (κ3) is 2.92. The van der Waals surface area contributed by atoms with Gasteiger partial charge in [0.1, 0.15) is 5.75 Å². The monoisotopic (exact) mass is 277 g/mol. The van der Waals surface area contributed by atoms with Crippen LogP contribution in [-0.2, 0) is 0 Å². The number of rotatable bonds is 4. The van der Waals surface area contributed by atoms with Crippen molar-refractivity contribution in [1.82, 2.24) is 0 Å². The molecule has 2 aromatic rings. The van der Waals surface area contributed by atoms with Gasteiger partial charge in [-0.1, -0.05) is 6.07 Å². The van der Waals surface area contributed by atoms with E-state index in [9.17, 15) is 9.59 Å². The van der Waals surface area contributed by atoms with Gasteiger partial charge >= 0.3 is 5.97 Å². The van der Waals surface area contributed by atoms with Crippen molar-refractivity contribution in [2.75, 3.05) is 12.4 Å². The molecule has 0 aliphatic carbocycles. The fraction of sp³-hybridized carbons (Fsp3) is 0.0769. The van der Waals surface area contributed by atoms with Crippen LogP contribution >= 0.6 is 11.3 Å². The fourth-order valence-corrected chi connectivity index (χ4v) is 2.15. The van der Waals surface area contributed by atoms with Gasteiger partial charge in [0.15, 0.2) is 0 Å². The van der Waals surface area contributed by atoms with E-state index in [2.05, 4.69) is 5.32 Å². The van der Waals surface area contributed by atoms with E-state index < -0.39 is 5.97 Å². The first-order chi connectivity index (χ1) is 9.11. The Hall–Kier alpha value is -2.34. The number of hydrogen-bond donors (Lipinski definition) is 2. The number of carbonyl (C=O) groups excluding carboxylic acids is 1. The summed E-state index contributed by atoms with van der Waals surface area (Å²) < 4.78 is 4.96. The van der Waals surface area contributed by atoms with E-state index in [1.54, 1.807) is 23.6 Å². The van der Waals surface area contributed by atoms with Crippen LogP contribution in [0.15, 0.2) is 35.7 Å². The van der Waals surface area contributed by atoms with Crippen molar-refractivity contribution in [3.63, 3.8) is 0 Å². The minimum Gasteiger partial charge on any atom is -0.497 e. The summed E-state index contributed by atoms with van der Waals surface area (Å²) in [6, 6.07) is 7.90. The molecule has 1 heterocycles. The lowest BCUT2D eigenvalue weighted by molar-refractivity contribution is 0.0697. The van der Waals surface area contributed by atoms with Crippen molar-refractivity contribution in [1.29, 1.82) is 0 Å². The van der Waals surface area contributed by atoms with Crippen LogP contribution < -0.4 is 10.1 Å². The summed E-state index contributed by atoms with van der Waals surface area (Å²) in [5.74, 6) is -1.03. The zero-order valence-corrected chi connectivity index (χ0v) is 10.9. The molecule has 0 aliphatic rings. The SMILES string of the molecule is COc1ccc(NC(=O)c2cccs2)c(C(=O)O)c1. The Morgan fingerprint density at radius 2 is 2.11 bits per heavy atom. The number of aromatic carboxylic acids is 1. The van der Waals surface area contributed by atoms with Crippen LogP contribution in [0.5, 0.6) is 5.75 Å². The average molecular weight is 277 g/mol. The molecule has 0 radical (unpaired) electrons. The number of carboxylic acids is 1. The van der Waals surface area contributed by atoms with Gasteiger partial charge in [-0.3, -0.25) is 4.79 Å². The van der Waals surface area contributed by atoms with Crippen LogP contribution in [0, 0.1) is 0 Å². The predicted octanol–water partition coefficient (Wildman–Crippen LogP) is 2.71. The van der Waals surface area contributed by atoms with Gasteiger partial charge in [0, 0.05) is 0 Å². The van der Waals surface area contributed by atoms with Crippen LogP contribution in [0.1, 0.15) is 20.0 Å². The Morgan fingerprint density at radius 3 is 2.68 bits per heavy atom. The number of amides is 1. The van der Waals surface area contributed by atoms with E-state index in [4.69, 9.17) is 9.84 Å². The first kappa shape index (κ1) is 13.1. The van der Waals surface area contributed by atoms with Crippen molar-refractivity contribution >= 4 is 28.9 Å². The van der Waals surface area contributed by atoms with Gasteiger partial charge in [0.25, 0.3) is 5.91 Å². The average Bonchev–Trinajstić information content (AvgIpc) is 2.92. The second-order valence-electron chi connectivity index (χ2n) is 3.65. The van der Waals surface area contributed by atoms with Crippen LogP contribution in [-0.4, -0.2) is 24.1 Å². The molecule has 0 bridgehead atoms. The highest BCUT2D eigenvalue weighted by molar-refractivity contribution is 7.12. The Kier molecular flexibility index (Phi) is 3.82.